The molecule has 0 aliphatic carbocycles. The minimum Gasteiger partial charge on any atom is -0.296 e. The lowest BCUT2D eigenvalue weighted by atomic mass is 10.0. The van der Waals surface area contributed by atoms with E-state index < -0.39 is 0 Å². The molecule has 0 saturated carbocycles. The van der Waals surface area contributed by atoms with E-state index in [1.807, 2.05) is 0 Å². The quantitative estimate of drug-likeness (QED) is 0.711. The highest BCUT2D eigenvalue weighted by molar-refractivity contribution is 5.20. The molecule has 2 rings (SSSR count). The molecular formula is C14H21N. The van der Waals surface area contributed by atoms with Gasteiger partial charge in [0.2, 0.25) is 0 Å². The van der Waals surface area contributed by atoms with Gasteiger partial charge in [-0.15, -0.1) is 0 Å². The van der Waals surface area contributed by atoms with E-state index in [1.165, 1.54) is 18.4 Å². The fourth-order valence-electron chi connectivity index (χ4n) is 2.85. The van der Waals surface area contributed by atoms with Gasteiger partial charge in [0.15, 0.2) is 0 Å². The molecule has 1 saturated heterocycles. The third-order valence-electron chi connectivity index (χ3n) is 3.70. The van der Waals surface area contributed by atoms with Crippen molar-refractivity contribution in [1.82, 2.24) is 4.90 Å². The number of nitrogens with zero attached hydrogens (tertiary/aromatic N) is 1. The molecule has 0 radical (unpaired) electrons. The average molecular weight is 203 g/mol. The summed E-state index contributed by atoms with van der Waals surface area (Å²) in [7, 11) is 2.27. The fraction of sp³-hybridized carbons (Fsp3) is 0.571. The minimum atomic E-state index is 0.638. The third kappa shape index (κ3) is 2.07. The van der Waals surface area contributed by atoms with Crippen LogP contribution in [0.25, 0.3) is 0 Å². The van der Waals surface area contributed by atoms with Crippen molar-refractivity contribution in [1.29, 1.82) is 0 Å². The number of rotatable bonds is 2. The number of benzene rings is 1. The Bertz CT molecular complexity index is 304. The molecule has 0 spiro atoms. The summed E-state index contributed by atoms with van der Waals surface area (Å²) in [6.45, 7) is 4.66. The van der Waals surface area contributed by atoms with Gasteiger partial charge in [0.1, 0.15) is 0 Å². The maximum absolute atomic E-state index is 2.56. The molecule has 1 fully saturated rings. The molecule has 0 bridgehead atoms. The third-order valence-corrected chi connectivity index (χ3v) is 3.70. The molecule has 2 atom stereocenters. The number of likely N-dealkylation sites (tertiary alicyclic amines) is 1. The van der Waals surface area contributed by atoms with E-state index in [4.69, 9.17) is 0 Å². The Morgan fingerprint density at radius 2 is 1.80 bits per heavy atom. The van der Waals surface area contributed by atoms with Crippen molar-refractivity contribution in [2.75, 3.05) is 7.05 Å². The van der Waals surface area contributed by atoms with Crippen LogP contribution in [-0.4, -0.2) is 18.0 Å². The van der Waals surface area contributed by atoms with Crippen molar-refractivity contribution >= 4 is 0 Å². The van der Waals surface area contributed by atoms with Gasteiger partial charge >= 0.3 is 0 Å². The molecule has 1 heteroatoms. The van der Waals surface area contributed by atoms with Gasteiger partial charge < -0.3 is 0 Å². The second kappa shape index (κ2) is 4.36. The maximum Gasteiger partial charge on any atom is 0.0348 e. The molecule has 1 aromatic rings. The Kier molecular flexibility index (Phi) is 3.11. The number of hydrogen-bond acceptors (Lipinski definition) is 1. The molecule has 1 aliphatic heterocycles. The maximum atomic E-state index is 2.56. The van der Waals surface area contributed by atoms with Crippen molar-refractivity contribution in [2.24, 2.45) is 5.92 Å². The highest BCUT2D eigenvalue weighted by Crippen LogP contribution is 2.37. The summed E-state index contributed by atoms with van der Waals surface area (Å²) in [5.41, 5.74) is 1.48. The molecule has 0 unspecified atom stereocenters. The van der Waals surface area contributed by atoms with Crippen molar-refractivity contribution in [2.45, 2.75) is 38.8 Å². The largest absolute Gasteiger partial charge is 0.296 e. The van der Waals surface area contributed by atoms with Crippen LogP contribution in [0.5, 0.6) is 0 Å². The van der Waals surface area contributed by atoms with Crippen LogP contribution in [-0.2, 0) is 0 Å². The van der Waals surface area contributed by atoms with Gasteiger partial charge in [-0.3, -0.25) is 4.90 Å². The molecule has 1 heterocycles. The second-order valence-electron chi connectivity index (χ2n) is 4.98. The predicted molar refractivity (Wildman–Crippen MR) is 64.8 cm³/mol. The summed E-state index contributed by atoms with van der Waals surface area (Å²) in [5.74, 6) is 0.767. The van der Waals surface area contributed by atoms with Gasteiger partial charge in [-0.2, -0.15) is 0 Å². The summed E-state index contributed by atoms with van der Waals surface area (Å²) < 4.78 is 0. The van der Waals surface area contributed by atoms with Crippen molar-refractivity contribution in [3.05, 3.63) is 35.9 Å². The van der Waals surface area contributed by atoms with Gasteiger partial charge in [0.05, 0.1) is 0 Å². The molecule has 1 aromatic carbocycles. The summed E-state index contributed by atoms with van der Waals surface area (Å²) in [6, 6.07) is 12.3. The average Bonchev–Trinajstić information content (AvgIpc) is 2.61. The van der Waals surface area contributed by atoms with Crippen LogP contribution in [0.2, 0.25) is 0 Å². The van der Waals surface area contributed by atoms with Crippen LogP contribution >= 0.6 is 0 Å². The lowest BCUT2D eigenvalue weighted by Crippen LogP contribution is -2.31. The first-order valence-corrected chi connectivity index (χ1v) is 5.97. The Balaban J connectivity index is 2.14. The van der Waals surface area contributed by atoms with Crippen LogP contribution in [0.1, 0.15) is 38.3 Å². The fourth-order valence-corrected chi connectivity index (χ4v) is 2.85. The van der Waals surface area contributed by atoms with Gasteiger partial charge in [-0.1, -0.05) is 44.2 Å². The van der Waals surface area contributed by atoms with Crippen LogP contribution in [0.3, 0.4) is 0 Å². The lowest BCUT2D eigenvalue weighted by molar-refractivity contribution is 0.200. The first-order chi connectivity index (χ1) is 7.20. The Hall–Kier alpha value is -0.820. The Morgan fingerprint density at radius 1 is 1.13 bits per heavy atom. The lowest BCUT2D eigenvalue weighted by Gasteiger charge is -2.28. The van der Waals surface area contributed by atoms with Crippen LogP contribution in [0.4, 0.5) is 0 Å². The SMILES string of the molecule is CC(C)[C@@H]1CC[C@@H](c2ccccc2)N1C. The summed E-state index contributed by atoms with van der Waals surface area (Å²) in [4.78, 5) is 2.56. The molecule has 1 aliphatic rings. The molecule has 0 amide bonds. The highest BCUT2D eigenvalue weighted by Gasteiger charge is 2.32. The van der Waals surface area contributed by atoms with Crippen molar-refractivity contribution in [3.8, 4) is 0 Å². The topological polar surface area (TPSA) is 3.24 Å². The number of hydrogen-bond donors (Lipinski definition) is 0. The molecule has 1 nitrogen and oxygen atoms in total. The molecule has 0 N–H and O–H groups in total. The van der Waals surface area contributed by atoms with Gasteiger partial charge in [-0.25, -0.2) is 0 Å². The van der Waals surface area contributed by atoms with Crippen LogP contribution < -0.4 is 0 Å². The van der Waals surface area contributed by atoms with E-state index in [-0.39, 0.29) is 0 Å². The summed E-state index contributed by atoms with van der Waals surface area (Å²) in [6.07, 6.45) is 2.65. The smallest absolute Gasteiger partial charge is 0.0348 e. The summed E-state index contributed by atoms with van der Waals surface area (Å²) in [5, 5.41) is 0. The van der Waals surface area contributed by atoms with Crippen molar-refractivity contribution < 1.29 is 0 Å². The molecule has 0 aromatic heterocycles. The van der Waals surface area contributed by atoms with Crippen molar-refractivity contribution in [3.63, 3.8) is 0 Å². The monoisotopic (exact) mass is 203 g/mol. The normalized spacial score (nSPS) is 27.5. The van der Waals surface area contributed by atoms with Gasteiger partial charge in [-0.05, 0) is 31.4 Å². The summed E-state index contributed by atoms with van der Waals surface area (Å²) >= 11 is 0. The molecule has 82 valence electrons. The van der Waals surface area contributed by atoms with E-state index in [2.05, 4.69) is 56.1 Å². The highest BCUT2D eigenvalue weighted by atomic mass is 15.2. The molecule has 15 heavy (non-hydrogen) atoms. The standard InChI is InChI=1S/C14H21N/c1-11(2)13-9-10-14(15(13)3)12-7-5-4-6-8-12/h4-8,11,13-14H,9-10H2,1-3H3/t13-,14-/m0/s1. The first-order valence-electron chi connectivity index (χ1n) is 5.97. The zero-order valence-electron chi connectivity index (χ0n) is 9.98. The van der Waals surface area contributed by atoms with Crippen LogP contribution in [0, 0.1) is 5.92 Å². The Labute approximate surface area is 93.1 Å². The van der Waals surface area contributed by atoms with E-state index in [0.717, 1.165) is 12.0 Å². The zero-order valence-corrected chi connectivity index (χ0v) is 9.98. The van der Waals surface area contributed by atoms with Gasteiger partial charge in [0, 0.05) is 12.1 Å². The Morgan fingerprint density at radius 3 is 2.33 bits per heavy atom. The minimum absolute atomic E-state index is 0.638. The van der Waals surface area contributed by atoms with E-state index >= 15 is 0 Å². The first kappa shape index (κ1) is 10.7. The predicted octanol–water partition coefficient (Wildman–Crippen LogP) is 3.48. The van der Waals surface area contributed by atoms with E-state index in [1.54, 1.807) is 0 Å². The van der Waals surface area contributed by atoms with E-state index in [9.17, 15) is 0 Å². The molecular weight excluding hydrogens is 182 g/mol. The van der Waals surface area contributed by atoms with E-state index in [0.29, 0.717) is 6.04 Å². The van der Waals surface area contributed by atoms with Crippen LogP contribution in [0.15, 0.2) is 30.3 Å². The zero-order chi connectivity index (χ0) is 10.8. The second-order valence-corrected chi connectivity index (χ2v) is 4.98. The van der Waals surface area contributed by atoms with Gasteiger partial charge in [0.25, 0.3) is 0 Å².